The lowest BCUT2D eigenvalue weighted by molar-refractivity contribution is -0.121. The molecule has 5 nitrogen and oxygen atoms in total. The van der Waals surface area contributed by atoms with Crippen molar-refractivity contribution in [3.8, 4) is 0 Å². The van der Waals surface area contributed by atoms with Gasteiger partial charge in [0.25, 0.3) is 5.91 Å². The summed E-state index contributed by atoms with van der Waals surface area (Å²) in [5.41, 5.74) is 2.21. The van der Waals surface area contributed by atoms with E-state index in [9.17, 15) is 9.59 Å². The number of hydrogen-bond donors (Lipinski definition) is 2. The average Bonchev–Trinajstić information content (AvgIpc) is 2.61. The molecule has 0 bridgehead atoms. The standard InChI is InChI=1S/C19H23N3O2/c1-2-3-4-8-18(23)21-14-15-6-5-7-17(13-15)22-19(24)16-9-11-20-12-10-16/h5-7,9-13H,2-4,8,14H2,1H3,(H,21,23)(H,22,24). The van der Waals surface area contributed by atoms with E-state index >= 15 is 0 Å². The smallest absolute Gasteiger partial charge is 0.255 e. The fraction of sp³-hybridized carbons (Fsp3) is 0.316. The second-order valence-electron chi connectivity index (χ2n) is 5.62. The van der Waals surface area contributed by atoms with Crippen molar-refractivity contribution in [2.45, 2.75) is 39.2 Å². The lowest BCUT2D eigenvalue weighted by Crippen LogP contribution is -2.22. The third-order valence-corrected chi connectivity index (χ3v) is 3.62. The molecule has 2 N–H and O–H groups in total. The summed E-state index contributed by atoms with van der Waals surface area (Å²) in [5.74, 6) is -0.118. The highest BCUT2D eigenvalue weighted by Gasteiger charge is 2.06. The Balaban J connectivity index is 1.87. The van der Waals surface area contributed by atoms with Gasteiger partial charge in [0, 0.05) is 36.6 Å². The van der Waals surface area contributed by atoms with Crippen LogP contribution < -0.4 is 10.6 Å². The SMILES string of the molecule is CCCCCC(=O)NCc1cccc(NC(=O)c2ccncc2)c1. The molecule has 24 heavy (non-hydrogen) atoms. The minimum Gasteiger partial charge on any atom is -0.352 e. The molecule has 0 fully saturated rings. The highest BCUT2D eigenvalue weighted by Crippen LogP contribution is 2.12. The summed E-state index contributed by atoms with van der Waals surface area (Å²) in [6, 6.07) is 10.8. The van der Waals surface area contributed by atoms with Crippen molar-refractivity contribution in [3.05, 3.63) is 59.9 Å². The first kappa shape index (κ1) is 17.7. The van der Waals surface area contributed by atoms with Crippen LogP contribution in [0.5, 0.6) is 0 Å². The summed E-state index contributed by atoms with van der Waals surface area (Å²) >= 11 is 0. The van der Waals surface area contributed by atoms with E-state index in [2.05, 4.69) is 22.5 Å². The number of hydrogen-bond acceptors (Lipinski definition) is 3. The van der Waals surface area contributed by atoms with E-state index in [1.807, 2.05) is 24.3 Å². The molecule has 1 aromatic heterocycles. The molecule has 2 aromatic rings. The fourth-order valence-electron chi connectivity index (χ4n) is 2.29. The van der Waals surface area contributed by atoms with Crippen LogP contribution in [-0.4, -0.2) is 16.8 Å². The van der Waals surface area contributed by atoms with Gasteiger partial charge in [-0.15, -0.1) is 0 Å². The van der Waals surface area contributed by atoms with E-state index in [0.29, 0.717) is 24.2 Å². The molecule has 0 spiro atoms. The van der Waals surface area contributed by atoms with Gasteiger partial charge >= 0.3 is 0 Å². The molecule has 0 unspecified atom stereocenters. The number of amides is 2. The predicted octanol–water partition coefficient (Wildman–Crippen LogP) is 3.53. The van der Waals surface area contributed by atoms with Crippen molar-refractivity contribution in [2.24, 2.45) is 0 Å². The van der Waals surface area contributed by atoms with E-state index in [-0.39, 0.29) is 11.8 Å². The Hall–Kier alpha value is -2.69. The van der Waals surface area contributed by atoms with Gasteiger partial charge in [0.05, 0.1) is 0 Å². The summed E-state index contributed by atoms with van der Waals surface area (Å²) in [7, 11) is 0. The molecular weight excluding hydrogens is 302 g/mol. The van der Waals surface area contributed by atoms with Gasteiger partial charge in [-0.1, -0.05) is 31.9 Å². The second-order valence-corrected chi connectivity index (χ2v) is 5.62. The van der Waals surface area contributed by atoms with E-state index in [1.165, 1.54) is 0 Å². The van der Waals surface area contributed by atoms with Gasteiger partial charge in [0.1, 0.15) is 0 Å². The molecule has 126 valence electrons. The van der Waals surface area contributed by atoms with Crippen molar-refractivity contribution in [1.29, 1.82) is 0 Å². The quantitative estimate of drug-likeness (QED) is 0.729. The van der Waals surface area contributed by atoms with Gasteiger partial charge in [-0.25, -0.2) is 0 Å². The van der Waals surface area contributed by atoms with Crippen LogP contribution in [0.2, 0.25) is 0 Å². The number of pyridine rings is 1. The fourth-order valence-corrected chi connectivity index (χ4v) is 2.29. The molecule has 2 amide bonds. The highest BCUT2D eigenvalue weighted by molar-refractivity contribution is 6.04. The summed E-state index contributed by atoms with van der Waals surface area (Å²) in [6.45, 7) is 2.58. The van der Waals surface area contributed by atoms with Crippen LogP contribution in [0, 0.1) is 0 Å². The van der Waals surface area contributed by atoms with Gasteiger partial charge in [-0.3, -0.25) is 14.6 Å². The topological polar surface area (TPSA) is 71.1 Å². The van der Waals surface area contributed by atoms with Gasteiger partial charge in [-0.05, 0) is 36.2 Å². The number of aromatic nitrogens is 1. The first-order valence-electron chi connectivity index (χ1n) is 8.26. The largest absolute Gasteiger partial charge is 0.352 e. The van der Waals surface area contributed by atoms with Crippen molar-refractivity contribution >= 4 is 17.5 Å². The molecule has 0 aliphatic rings. The lowest BCUT2D eigenvalue weighted by Gasteiger charge is -2.09. The van der Waals surface area contributed by atoms with Gasteiger partial charge in [0.2, 0.25) is 5.91 Å². The Kier molecular flexibility index (Phi) is 6.95. The van der Waals surface area contributed by atoms with Crippen LogP contribution in [0.3, 0.4) is 0 Å². The number of carbonyl (C=O) groups excluding carboxylic acids is 2. The van der Waals surface area contributed by atoms with Crippen LogP contribution in [-0.2, 0) is 11.3 Å². The number of anilines is 1. The summed E-state index contributed by atoms with van der Waals surface area (Å²) < 4.78 is 0. The molecule has 0 saturated heterocycles. The molecule has 5 heteroatoms. The molecule has 0 aliphatic carbocycles. The van der Waals surface area contributed by atoms with E-state index < -0.39 is 0 Å². The van der Waals surface area contributed by atoms with E-state index in [0.717, 1.165) is 24.8 Å². The van der Waals surface area contributed by atoms with E-state index in [4.69, 9.17) is 0 Å². The maximum Gasteiger partial charge on any atom is 0.255 e. The molecule has 0 saturated carbocycles. The van der Waals surface area contributed by atoms with Gasteiger partial charge in [0.15, 0.2) is 0 Å². The first-order valence-corrected chi connectivity index (χ1v) is 8.26. The molecule has 1 heterocycles. The van der Waals surface area contributed by atoms with Crippen LogP contribution >= 0.6 is 0 Å². The molecular formula is C19H23N3O2. The van der Waals surface area contributed by atoms with Crippen molar-refractivity contribution < 1.29 is 9.59 Å². The van der Waals surface area contributed by atoms with Crippen LogP contribution in [0.15, 0.2) is 48.8 Å². The normalized spacial score (nSPS) is 10.2. The Morgan fingerprint density at radius 2 is 1.88 bits per heavy atom. The van der Waals surface area contributed by atoms with Crippen LogP contribution in [0.4, 0.5) is 5.69 Å². The van der Waals surface area contributed by atoms with Crippen molar-refractivity contribution in [2.75, 3.05) is 5.32 Å². The third kappa shape index (κ3) is 5.83. The molecule has 0 aliphatic heterocycles. The summed E-state index contributed by atoms with van der Waals surface area (Å²) in [4.78, 5) is 27.8. The average molecular weight is 325 g/mol. The number of carbonyl (C=O) groups is 2. The summed E-state index contributed by atoms with van der Waals surface area (Å²) in [6.07, 6.45) is 6.83. The van der Waals surface area contributed by atoms with E-state index in [1.54, 1.807) is 24.5 Å². The number of benzene rings is 1. The minimum absolute atomic E-state index is 0.0645. The first-order chi connectivity index (χ1) is 11.7. The predicted molar refractivity (Wildman–Crippen MR) is 94.6 cm³/mol. The lowest BCUT2D eigenvalue weighted by atomic mass is 10.1. The summed E-state index contributed by atoms with van der Waals surface area (Å²) in [5, 5.41) is 5.76. The zero-order chi connectivity index (χ0) is 17.2. The Morgan fingerprint density at radius 3 is 2.62 bits per heavy atom. The highest BCUT2D eigenvalue weighted by atomic mass is 16.2. The van der Waals surface area contributed by atoms with Gasteiger partial charge < -0.3 is 10.6 Å². The molecule has 2 rings (SSSR count). The number of nitrogens with zero attached hydrogens (tertiary/aromatic N) is 1. The minimum atomic E-state index is -0.182. The van der Waals surface area contributed by atoms with Crippen LogP contribution in [0.1, 0.15) is 48.5 Å². The maximum absolute atomic E-state index is 12.1. The Bertz CT molecular complexity index is 671. The zero-order valence-corrected chi connectivity index (χ0v) is 13.9. The van der Waals surface area contributed by atoms with Gasteiger partial charge in [-0.2, -0.15) is 0 Å². The maximum atomic E-state index is 12.1. The van der Waals surface area contributed by atoms with Crippen LogP contribution in [0.25, 0.3) is 0 Å². The molecule has 0 radical (unpaired) electrons. The zero-order valence-electron chi connectivity index (χ0n) is 13.9. The Morgan fingerprint density at radius 1 is 1.08 bits per heavy atom. The number of unbranched alkanes of at least 4 members (excludes halogenated alkanes) is 2. The molecule has 1 aromatic carbocycles. The molecule has 0 atom stereocenters. The van der Waals surface area contributed by atoms with Crippen molar-refractivity contribution in [1.82, 2.24) is 10.3 Å². The number of rotatable bonds is 8. The van der Waals surface area contributed by atoms with Crippen molar-refractivity contribution in [3.63, 3.8) is 0 Å². The number of nitrogens with one attached hydrogen (secondary N) is 2. The second kappa shape index (κ2) is 9.45. The third-order valence-electron chi connectivity index (χ3n) is 3.62. The monoisotopic (exact) mass is 325 g/mol. The Labute approximate surface area is 142 Å².